The summed E-state index contributed by atoms with van der Waals surface area (Å²) in [6.45, 7) is 5.64. The molecule has 0 aromatic heterocycles. The van der Waals surface area contributed by atoms with Crippen LogP contribution in [0.25, 0.3) is 0 Å². The van der Waals surface area contributed by atoms with Crippen LogP contribution in [0.4, 0.5) is 0 Å². The predicted octanol–water partition coefficient (Wildman–Crippen LogP) is 3.55. The molecular formula is C14H16BrNO. The molecule has 17 heavy (non-hydrogen) atoms. The van der Waals surface area contributed by atoms with E-state index in [2.05, 4.69) is 28.9 Å². The lowest BCUT2D eigenvalue weighted by atomic mass is 10.1. The summed E-state index contributed by atoms with van der Waals surface area (Å²) in [5.74, 6) is 0.119. The highest BCUT2D eigenvalue weighted by Crippen LogP contribution is 2.21. The minimum atomic E-state index is 0.119. The highest BCUT2D eigenvalue weighted by molar-refractivity contribution is 9.10. The molecule has 90 valence electrons. The lowest BCUT2D eigenvalue weighted by molar-refractivity contribution is 0.0765. The number of amides is 1. The second-order valence-corrected chi connectivity index (χ2v) is 5.40. The van der Waals surface area contributed by atoms with Crippen LogP contribution in [0.1, 0.15) is 29.3 Å². The molecule has 3 heteroatoms. The molecule has 2 nitrogen and oxygen atoms in total. The topological polar surface area (TPSA) is 20.3 Å². The number of hydrogen-bond donors (Lipinski definition) is 0. The summed E-state index contributed by atoms with van der Waals surface area (Å²) in [7, 11) is 0. The maximum absolute atomic E-state index is 12.4. The fourth-order valence-corrected chi connectivity index (χ4v) is 2.47. The second-order valence-electron chi connectivity index (χ2n) is 4.55. The monoisotopic (exact) mass is 293 g/mol. The summed E-state index contributed by atoms with van der Waals surface area (Å²) in [6.07, 6.45) is 3.16. The van der Waals surface area contributed by atoms with Gasteiger partial charge in [-0.3, -0.25) is 4.79 Å². The molecule has 2 rings (SSSR count). The van der Waals surface area contributed by atoms with E-state index in [-0.39, 0.29) is 5.91 Å². The van der Waals surface area contributed by atoms with Crippen molar-refractivity contribution >= 4 is 21.8 Å². The Labute approximate surface area is 110 Å². The minimum absolute atomic E-state index is 0.119. The zero-order chi connectivity index (χ0) is 12.4. The normalized spacial score (nSPS) is 15.7. The molecule has 0 atom stereocenters. The van der Waals surface area contributed by atoms with Crippen LogP contribution in [-0.2, 0) is 0 Å². The van der Waals surface area contributed by atoms with E-state index in [1.807, 2.05) is 30.0 Å². The fourth-order valence-electron chi connectivity index (χ4n) is 2.06. The van der Waals surface area contributed by atoms with Crippen molar-refractivity contribution in [1.29, 1.82) is 0 Å². The van der Waals surface area contributed by atoms with Crippen molar-refractivity contribution < 1.29 is 4.79 Å². The van der Waals surface area contributed by atoms with Crippen LogP contribution in [-0.4, -0.2) is 23.9 Å². The lowest BCUT2D eigenvalue weighted by Crippen LogP contribution is -2.35. The molecular weight excluding hydrogens is 278 g/mol. The summed E-state index contributed by atoms with van der Waals surface area (Å²) >= 11 is 3.45. The average molecular weight is 294 g/mol. The van der Waals surface area contributed by atoms with Crippen molar-refractivity contribution in [3.8, 4) is 0 Å². The van der Waals surface area contributed by atoms with Crippen LogP contribution in [0.5, 0.6) is 0 Å². The molecule has 1 aliphatic rings. The summed E-state index contributed by atoms with van der Waals surface area (Å²) in [5, 5.41) is 0. The maximum atomic E-state index is 12.4. The molecule has 1 aromatic carbocycles. The SMILES string of the molecule is CC1=CCCN(C(=O)c2cc(C)ccc2Br)C1. The Kier molecular flexibility index (Phi) is 3.67. The van der Waals surface area contributed by atoms with Gasteiger partial charge in [-0.1, -0.05) is 23.3 Å². The quantitative estimate of drug-likeness (QED) is 0.725. The molecule has 0 unspecified atom stereocenters. The van der Waals surface area contributed by atoms with Gasteiger partial charge < -0.3 is 4.90 Å². The molecule has 0 fully saturated rings. The van der Waals surface area contributed by atoms with Gasteiger partial charge >= 0.3 is 0 Å². The van der Waals surface area contributed by atoms with Crippen molar-refractivity contribution in [2.24, 2.45) is 0 Å². The molecule has 0 aliphatic carbocycles. The first-order valence-corrected chi connectivity index (χ1v) is 6.58. The largest absolute Gasteiger partial charge is 0.334 e. The van der Waals surface area contributed by atoms with Gasteiger partial charge in [0.1, 0.15) is 0 Å². The van der Waals surface area contributed by atoms with E-state index in [1.54, 1.807) is 0 Å². The Bertz CT molecular complexity index is 479. The Balaban J connectivity index is 2.25. The Morgan fingerprint density at radius 1 is 1.35 bits per heavy atom. The van der Waals surface area contributed by atoms with Crippen LogP contribution in [0.15, 0.2) is 34.3 Å². The number of aryl methyl sites for hydroxylation is 1. The van der Waals surface area contributed by atoms with Gasteiger partial charge in [-0.05, 0) is 48.3 Å². The van der Waals surface area contributed by atoms with Crippen LogP contribution in [0.2, 0.25) is 0 Å². The standard InChI is InChI=1S/C14H16BrNO/c1-10-5-6-13(15)12(8-10)14(17)16-7-3-4-11(2)9-16/h4-6,8H,3,7,9H2,1-2H3. The van der Waals surface area contributed by atoms with E-state index in [9.17, 15) is 4.79 Å². The van der Waals surface area contributed by atoms with Crippen LogP contribution in [0, 0.1) is 6.92 Å². The molecule has 1 aromatic rings. The highest BCUT2D eigenvalue weighted by Gasteiger charge is 2.20. The number of rotatable bonds is 1. The number of benzene rings is 1. The van der Waals surface area contributed by atoms with Crippen molar-refractivity contribution in [1.82, 2.24) is 4.90 Å². The van der Waals surface area contributed by atoms with Crippen molar-refractivity contribution in [2.45, 2.75) is 20.3 Å². The summed E-state index contributed by atoms with van der Waals surface area (Å²) in [5.41, 5.74) is 3.15. The molecule has 0 saturated carbocycles. The van der Waals surface area contributed by atoms with Crippen LogP contribution in [0.3, 0.4) is 0 Å². The van der Waals surface area contributed by atoms with E-state index >= 15 is 0 Å². The van der Waals surface area contributed by atoms with Gasteiger partial charge in [0, 0.05) is 17.6 Å². The second kappa shape index (κ2) is 5.05. The van der Waals surface area contributed by atoms with E-state index < -0.39 is 0 Å². The van der Waals surface area contributed by atoms with Gasteiger partial charge in [0.15, 0.2) is 0 Å². The van der Waals surface area contributed by atoms with Gasteiger partial charge in [-0.15, -0.1) is 0 Å². The third-order valence-electron chi connectivity index (χ3n) is 2.97. The number of carbonyl (C=O) groups is 1. The van der Waals surface area contributed by atoms with E-state index in [0.717, 1.165) is 35.1 Å². The van der Waals surface area contributed by atoms with E-state index in [4.69, 9.17) is 0 Å². The van der Waals surface area contributed by atoms with Gasteiger partial charge in [0.25, 0.3) is 5.91 Å². The first kappa shape index (κ1) is 12.4. The molecule has 0 saturated heterocycles. The first-order chi connectivity index (χ1) is 8.08. The summed E-state index contributed by atoms with van der Waals surface area (Å²) in [6, 6.07) is 5.89. The number of halogens is 1. The molecule has 0 bridgehead atoms. The number of nitrogens with zero attached hydrogens (tertiary/aromatic N) is 1. The summed E-state index contributed by atoms with van der Waals surface area (Å²) < 4.78 is 0.875. The van der Waals surface area contributed by atoms with Crippen LogP contribution < -0.4 is 0 Å². The zero-order valence-corrected chi connectivity index (χ0v) is 11.8. The van der Waals surface area contributed by atoms with Gasteiger partial charge in [-0.25, -0.2) is 0 Å². The molecule has 1 aliphatic heterocycles. The summed E-state index contributed by atoms with van der Waals surface area (Å²) in [4.78, 5) is 14.3. The predicted molar refractivity (Wildman–Crippen MR) is 73.2 cm³/mol. The van der Waals surface area contributed by atoms with Crippen LogP contribution >= 0.6 is 15.9 Å². The minimum Gasteiger partial charge on any atom is -0.334 e. The van der Waals surface area contributed by atoms with E-state index in [0.29, 0.717) is 0 Å². The van der Waals surface area contributed by atoms with Gasteiger partial charge in [0.05, 0.1) is 5.56 Å². The highest BCUT2D eigenvalue weighted by atomic mass is 79.9. The van der Waals surface area contributed by atoms with Crippen molar-refractivity contribution in [3.05, 3.63) is 45.4 Å². The van der Waals surface area contributed by atoms with Crippen molar-refractivity contribution in [3.63, 3.8) is 0 Å². The van der Waals surface area contributed by atoms with Gasteiger partial charge in [0.2, 0.25) is 0 Å². The first-order valence-electron chi connectivity index (χ1n) is 5.79. The Morgan fingerprint density at radius 3 is 2.82 bits per heavy atom. The third kappa shape index (κ3) is 2.78. The third-order valence-corrected chi connectivity index (χ3v) is 3.66. The zero-order valence-electron chi connectivity index (χ0n) is 10.2. The maximum Gasteiger partial charge on any atom is 0.255 e. The van der Waals surface area contributed by atoms with Gasteiger partial charge in [-0.2, -0.15) is 0 Å². The Hall–Kier alpha value is -1.09. The van der Waals surface area contributed by atoms with E-state index in [1.165, 1.54) is 5.57 Å². The molecule has 0 radical (unpaired) electrons. The molecule has 1 amide bonds. The average Bonchev–Trinajstić information content (AvgIpc) is 2.31. The number of hydrogen-bond acceptors (Lipinski definition) is 1. The molecule has 0 spiro atoms. The fraction of sp³-hybridized carbons (Fsp3) is 0.357. The molecule has 1 heterocycles. The lowest BCUT2D eigenvalue weighted by Gasteiger charge is -2.26. The number of carbonyl (C=O) groups excluding carboxylic acids is 1. The molecule has 0 N–H and O–H groups in total. The smallest absolute Gasteiger partial charge is 0.255 e. The van der Waals surface area contributed by atoms with Crippen molar-refractivity contribution in [2.75, 3.05) is 13.1 Å². The Morgan fingerprint density at radius 2 is 2.12 bits per heavy atom.